The Hall–Kier alpha value is -0.990. The summed E-state index contributed by atoms with van der Waals surface area (Å²) in [6.07, 6.45) is 6.92. The van der Waals surface area contributed by atoms with Crippen molar-refractivity contribution in [2.45, 2.75) is 51.7 Å². The Kier molecular flexibility index (Phi) is 2.48. The molecule has 0 bridgehead atoms. The van der Waals surface area contributed by atoms with Gasteiger partial charge in [-0.05, 0) is 19.8 Å². The van der Waals surface area contributed by atoms with Gasteiger partial charge >= 0.3 is 6.09 Å². The Balaban J connectivity index is 1.82. The minimum atomic E-state index is -0.163. The number of ether oxygens (including phenoxy) is 1. The van der Waals surface area contributed by atoms with Crippen LogP contribution in [0.2, 0.25) is 0 Å². The summed E-state index contributed by atoms with van der Waals surface area (Å²) in [5.74, 6) is 0. The van der Waals surface area contributed by atoms with Gasteiger partial charge in [0.2, 0.25) is 0 Å². The van der Waals surface area contributed by atoms with Gasteiger partial charge in [0, 0.05) is 5.70 Å². The summed E-state index contributed by atoms with van der Waals surface area (Å²) in [6, 6.07) is 0.268. The lowest BCUT2D eigenvalue weighted by Gasteiger charge is -2.02. The van der Waals surface area contributed by atoms with E-state index in [0.29, 0.717) is 0 Å². The van der Waals surface area contributed by atoms with Gasteiger partial charge in [0.1, 0.15) is 12.1 Å². The molecule has 0 N–H and O–H groups in total. The van der Waals surface area contributed by atoms with Crippen molar-refractivity contribution in [2.75, 3.05) is 0 Å². The number of hydrogen-bond donors (Lipinski definition) is 0. The quantitative estimate of drug-likeness (QED) is 0.510. The van der Waals surface area contributed by atoms with E-state index in [1.165, 1.54) is 25.0 Å². The Morgan fingerprint density at radius 1 is 1.50 bits per heavy atom. The van der Waals surface area contributed by atoms with Crippen LogP contribution in [0, 0.1) is 0 Å². The molecule has 2 aliphatic rings. The number of rotatable bonds is 4. The van der Waals surface area contributed by atoms with Gasteiger partial charge in [-0.25, -0.2) is 4.79 Å². The molecule has 0 radical (unpaired) electrons. The predicted octanol–water partition coefficient (Wildman–Crippen LogP) is 2.67. The van der Waals surface area contributed by atoms with Gasteiger partial charge in [0.15, 0.2) is 0 Å². The van der Waals surface area contributed by atoms with Crippen LogP contribution in [-0.2, 0) is 4.74 Å². The maximum Gasteiger partial charge on any atom is 0.415 e. The predicted molar refractivity (Wildman–Crippen MR) is 53.8 cm³/mol. The number of unbranched alkanes of at least 4 members (excludes halogenated alkanes) is 3. The molecule has 0 aromatic heterocycles. The van der Waals surface area contributed by atoms with Crippen LogP contribution in [0.4, 0.5) is 4.79 Å². The first kappa shape index (κ1) is 9.56. The van der Waals surface area contributed by atoms with E-state index in [2.05, 4.69) is 13.0 Å². The molecule has 3 heteroatoms. The highest BCUT2D eigenvalue weighted by molar-refractivity contribution is 5.80. The van der Waals surface area contributed by atoms with Crippen LogP contribution in [0.15, 0.2) is 11.8 Å². The van der Waals surface area contributed by atoms with Crippen LogP contribution < -0.4 is 0 Å². The highest BCUT2D eigenvalue weighted by atomic mass is 16.6. The summed E-state index contributed by atoms with van der Waals surface area (Å²) in [4.78, 5) is 12.9. The maximum absolute atomic E-state index is 11.2. The lowest BCUT2D eigenvalue weighted by Crippen LogP contribution is -2.10. The van der Waals surface area contributed by atoms with E-state index in [0.717, 1.165) is 6.42 Å². The Bertz CT molecular complexity index is 272. The molecule has 78 valence electrons. The SMILES string of the molecule is CCCCCC=C1[C@@H]2[C@H](C)OC(=O)N12. The van der Waals surface area contributed by atoms with Crippen molar-refractivity contribution in [1.82, 2.24) is 4.90 Å². The molecular formula is C11H17NO2. The zero-order valence-corrected chi connectivity index (χ0v) is 8.82. The third-order valence-electron chi connectivity index (χ3n) is 2.88. The molecule has 2 rings (SSSR count). The number of amides is 1. The molecule has 14 heavy (non-hydrogen) atoms. The average Bonchev–Trinajstić information content (AvgIpc) is 2.78. The topological polar surface area (TPSA) is 29.3 Å². The number of nitrogens with zero attached hydrogens (tertiary/aromatic N) is 1. The molecule has 2 aliphatic heterocycles. The van der Waals surface area contributed by atoms with Gasteiger partial charge < -0.3 is 4.74 Å². The van der Waals surface area contributed by atoms with Crippen molar-refractivity contribution in [3.8, 4) is 0 Å². The molecule has 0 spiro atoms. The van der Waals surface area contributed by atoms with Crippen LogP contribution in [-0.4, -0.2) is 23.1 Å². The highest BCUT2D eigenvalue weighted by Crippen LogP contribution is 2.43. The van der Waals surface area contributed by atoms with Gasteiger partial charge in [-0.15, -0.1) is 0 Å². The van der Waals surface area contributed by atoms with E-state index in [1.54, 1.807) is 4.90 Å². The standard InChI is InChI=1S/C11H17NO2/c1-3-4-5-6-7-9-10-8(2)14-11(13)12(9)10/h7-8,10H,3-6H2,1-2H3/t8-,10-,12?/m0/s1. The molecule has 2 heterocycles. The second kappa shape index (κ2) is 3.64. The van der Waals surface area contributed by atoms with Crippen molar-refractivity contribution in [3.05, 3.63) is 11.8 Å². The molecule has 0 aromatic carbocycles. The molecule has 0 aromatic rings. The largest absolute Gasteiger partial charge is 0.443 e. The highest BCUT2D eigenvalue weighted by Gasteiger charge is 2.56. The van der Waals surface area contributed by atoms with E-state index >= 15 is 0 Å². The first-order chi connectivity index (χ1) is 6.75. The first-order valence-electron chi connectivity index (χ1n) is 5.45. The molecule has 2 atom stereocenters. The zero-order chi connectivity index (χ0) is 10.1. The molecule has 3 nitrogen and oxygen atoms in total. The van der Waals surface area contributed by atoms with Crippen LogP contribution >= 0.6 is 0 Å². The van der Waals surface area contributed by atoms with E-state index in [1.807, 2.05) is 6.92 Å². The fourth-order valence-electron chi connectivity index (χ4n) is 2.04. The first-order valence-corrected chi connectivity index (χ1v) is 5.45. The normalized spacial score (nSPS) is 32.0. The molecule has 0 saturated carbocycles. The van der Waals surface area contributed by atoms with Gasteiger partial charge in [-0.2, -0.15) is 0 Å². The van der Waals surface area contributed by atoms with Gasteiger partial charge in [0.25, 0.3) is 0 Å². The average molecular weight is 195 g/mol. The second-order valence-electron chi connectivity index (χ2n) is 4.03. The second-order valence-corrected chi connectivity index (χ2v) is 4.03. The number of cyclic esters (lactones) is 1. The third-order valence-corrected chi connectivity index (χ3v) is 2.88. The van der Waals surface area contributed by atoms with Crippen LogP contribution in [0.5, 0.6) is 0 Å². The maximum atomic E-state index is 11.2. The Morgan fingerprint density at radius 2 is 2.29 bits per heavy atom. The van der Waals surface area contributed by atoms with Crippen LogP contribution in [0.3, 0.4) is 0 Å². The van der Waals surface area contributed by atoms with E-state index in [4.69, 9.17) is 4.74 Å². The summed E-state index contributed by atoms with van der Waals surface area (Å²) in [5, 5.41) is 0. The fraction of sp³-hybridized carbons (Fsp3) is 0.727. The molecule has 1 amide bonds. The van der Waals surface area contributed by atoms with Gasteiger partial charge in [-0.1, -0.05) is 25.8 Å². The third kappa shape index (κ3) is 1.51. The van der Waals surface area contributed by atoms with Crippen molar-refractivity contribution in [1.29, 1.82) is 0 Å². The summed E-state index contributed by atoms with van der Waals surface area (Å²) in [5.41, 5.74) is 1.19. The summed E-state index contributed by atoms with van der Waals surface area (Å²) in [6.45, 7) is 4.15. The monoisotopic (exact) mass is 195 g/mol. The molecule has 0 aliphatic carbocycles. The van der Waals surface area contributed by atoms with Crippen molar-refractivity contribution < 1.29 is 9.53 Å². The number of carbonyl (C=O) groups excluding carboxylic acids is 1. The smallest absolute Gasteiger partial charge is 0.415 e. The van der Waals surface area contributed by atoms with Gasteiger partial charge in [-0.3, -0.25) is 4.90 Å². The zero-order valence-electron chi connectivity index (χ0n) is 8.82. The van der Waals surface area contributed by atoms with E-state index in [9.17, 15) is 4.79 Å². The van der Waals surface area contributed by atoms with Crippen molar-refractivity contribution in [3.63, 3.8) is 0 Å². The number of fused-ring (bicyclic) bond motifs is 1. The Labute approximate surface area is 84.7 Å². The molecular weight excluding hydrogens is 178 g/mol. The number of allylic oxidation sites excluding steroid dienone is 1. The van der Waals surface area contributed by atoms with E-state index in [-0.39, 0.29) is 18.2 Å². The number of hydrogen-bond acceptors (Lipinski definition) is 2. The molecule has 0 unspecified atom stereocenters. The van der Waals surface area contributed by atoms with Gasteiger partial charge in [0.05, 0.1) is 0 Å². The lowest BCUT2D eigenvalue weighted by atomic mass is 10.2. The number of carbonyl (C=O) groups is 1. The molecule has 2 fully saturated rings. The summed E-state index contributed by atoms with van der Waals surface area (Å²) < 4.78 is 5.03. The summed E-state index contributed by atoms with van der Waals surface area (Å²) >= 11 is 0. The minimum absolute atomic E-state index is 0.0555. The lowest BCUT2D eigenvalue weighted by molar-refractivity contribution is 0.134. The fourth-order valence-corrected chi connectivity index (χ4v) is 2.04. The van der Waals surface area contributed by atoms with Crippen LogP contribution in [0.1, 0.15) is 39.5 Å². The van der Waals surface area contributed by atoms with E-state index < -0.39 is 0 Å². The Morgan fingerprint density at radius 3 is 2.86 bits per heavy atom. The molecule has 2 saturated heterocycles. The minimum Gasteiger partial charge on any atom is -0.443 e. The van der Waals surface area contributed by atoms with Crippen LogP contribution in [0.25, 0.3) is 0 Å². The summed E-state index contributed by atoms with van der Waals surface area (Å²) in [7, 11) is 0. The van der Waals surface area contributed by atoms with Crippen molar-refractivity contribution in [2.24, 2.45) is 0 Å². The van der Waals surface area contributed by atoms with Crippen molar-refractivity contribution >= 4 is 6.09 Å².